The first-order chi connectivity index (χ1) is 11.4. The van der Waals surface area contributed by atoms with Crippen LogP contribution in [0.1, 0.15) is 33.7 Å². The molecule has 2 aliphatic carbocycles. The molecule has 0 heteroatoms. The standard InChI is InChI=1S/C23H18/c1-3-9-20-16(6-1)12-13-19(20)14-17-8-5-11-22-21-10-4-2-7-18(21)15-23(17)22/h1-13,19H,14-15H2. The van der Waals surface area contributed by atoms with E-state index in [1.165, 1.54) is 38.9 Å². The molecular weight excluding hydrogens is 276 g/mol. The van der Waals surface area contributed by atoms with E-state index >= 15 is 0 Å². The highest BCUT2D eigenvalue weighted by atomic mass is 14.3. The highest BCUT2D eigenvalue weighted by Gasteiger charge is 2.23. The lowest BCUT2D eigenvalue weighted by Crippen LogP contribution is -2.01. The third kappa shape index (κ3) is 1.98. The molecule has 23 heavy (non-hydrogen) atoms. The Bertz CT molecular complexity index is 930. The SMILES string of the molecule is C1=CC(Cc2cccc3c2Cc2ccccc2-3)c2ccccc21. The molecule has 0 aliphatic heterocycles. The van der Waals surface area contributed by atoms with Crippen molar-refractivity contribution in [1.82, 2.24) is 0 Å². The first-order valence-electron chi connectivity index (χ1n) is 8.36. The third-order valence-electron chi connectivity index (χ3n) is 5.29. The van der Waals surface area contributed by atoms with E-state index in [9.17, 15) is 0 Å². The van der Waals surface area contributed by atoms with Crippen LogP contribution in [0.4, 0.5) is 0 Å². The van der Waals surface area contributed by atoms with Crippen LogP contribution in [0.2, 0.25) is 0 Å². The molecule has 110 valence electrons. The number of rotatable bonds is 2. The quantitative estimate of drug-likeness (QED) is 0.450. The molecule has 1 unspecified atom stereocenters. The first kappa shape index (κ1) is 12.9. The van der Waals surface area contributed by atoms with Crippen LogP contribution in [-0.4, -0.2) is 0 Å². The monoisotopic (exact) mass is 294 g/mol. The predicted molar refractivity (Wildman–Crippen MR) is 96.6 cm³/mol. The molecule has 0 nitrogen and oxygen atoms in total. The average Bonchev–Trinajstić information content (AvgIpc) is 3.17. The summed E-state index contributed by atoms with van der Waals surface area (Å²) in [5.74, 6) is 0.515. The number of allylic oxidation sites excluding steroid dienone is 1. The molecule has 0 spiro atoms. The van der Waals surface area contributed by atoms with Gasteiger partial charge in [-0.3, -0.25) is 0 Å². The van der Waals surface area contributed by atoms with Crippen molar-refractivity contribution in [2.75, 3.05) is 0 Å². The molecule has 0 bridgehead atoms. The topological polar surface area (TPSA) is 0 Å². The highest BCUT2D eigenvalue weighted by Crippen LogP contribution is 2.40. The Balaban J connectivity index is 1.54. The van der Waals surface area contributed by atoms with Gasteiger partial charge < -0.3 is 0 Å². The van der Waals surface area contributed by atoms with Crippen LogP contribution in [0.15, 0.2) is 72.8 Å². The zero-order valence-electron chi connectivity index (χ0n) is 13.0. The van der Waals surface area contributed by atoms with Crippen molar-refractivity contribution in [3.8, 4) is 11.1 Å². The minimum Gasteiger partial charge on any atom is -0.0760 e. The van der Waals surface area contributed by atoms with Crippen LogP contribution < -0.4 is 0 Å². The van der Waals surface area contributed by atoms with Gasteiger partial charge in [0.25, 0.3) is 0 Å². The molecule has 0 heterocycles. The molecule has 0 saturated carbocycles. The Hall–Kier alpha value is -2.60. The van der Waals surface area contributed by atoms with Gasteiger partial charge in [-0.2, -0.15) is 0 Å². The number of hydrogen-bond acceptors (Lipinski definition) is 0. The van der Waals surface area contributed by atoms with Crippen LogP contribution >= 0.6 is 0 Å². The summed E-state index contributed by atoms with van der Waals surface area (Å²) in [7, 11) is 0. The molecule has 0 aromatic heterocycles. The van der Waals surface area contributed by atoms with E-state index in [0.717, 1.165) is 12.8 Å². The van der Waals surface area contributed by atoms with Crippen molar-refractivity contribution < 1.29 is 0 Å². The van der Waals surface area contributed by atoms with Gasteiger partial charge in [-0.25, -0.2) is 0 Å². The lowest BCUT2D eigenvalue weighted by molar-refractivity contribution is 0.841. The summed E-state index contributed by atoms with van der Waals surface area (Å²) in [5, 5.41) is 0. The molecule has 3 aromatic carbocycles. The predicted octanol–water partition coefficient (Wildman–Crippen LogP) is 5.61. The Kier molecular flexibility index (Phi) is 2.78. The maximum absolute atomic E-state index is 2.37. The average molecular weight is 294 g/mol. The van der Waals surface area contributed by atoms with Gasteiger partial charge in [-0.1, -0.05) is 78.9 Å². The molecule has 0 N–H and O–H groups in total. The van der Waals surface area contributed by atoms with Crippen LogP contribution in [0.5, 0.6) is 0 Å². The molecule has 0 radical (unpaired) electrons. The van der Waals surface area contributed by atoms with E-state index in [4.69, 9.17) is 0 Å². The summed E-state index contributed by atoms with van der Waals surface area (Å²) < 4.78 is 0. The van der Waals surface area contributed by atoms with Gasteiger partial charge in [0.2, 0.25) is 0 Å². The van der Waals surface area contributed by atoms with E-state index in [-0.39, 0.29) is 0 Å². The van der Waals surface area contributed by atoms with Gasteiger partial charge in [0, 0.05) is 5.92 Å². The van der Waals surface area contributed by atoms with E-state index in [1.807, 2.05) is 0 Å². The second-order valence-electron chi connectivity index (χ2n) is 6.58. The highest BCUT2D eigenvalue weighted by molar-refractivity contribution is 5.78. The smallest absolute Gasteiger partial charge is 0.00677 e. The van der Waals surface area contributed by atoms with Crippen molar-refractivity contribution >= 4 is 6.08 Å². The molecule has 2 aliphatic rings. The minimum atomic E-state index is 0.515. The van der Waals surface area contributed by atoms with Crippen LogP contribution in [-0.2, 0) is 12.8 Å². The van der Waals surface area contributed by atoms with Gasteiger partial charge in [-0.05, 0) is 51.8 Å². The fraction of sp³-hybridized carbons (Fsp3) is 0.130. The molecule has 0 fully saturated rings. The summed E-state index contributed by atoms with van der Waals surface area (Å²) in [5.41, 5.74) is 10.2. The molecule has 0 amide bonds. The Morgan fingerprint density at radius 3 is 2.61 bits per heavy atom. The van der Waals surface area contributed by atoms with Crippen molar-refractivity contribution in [3.05, 3.63) is 101 Å². The lowest BCUT2D eigenvalue weighted by atomic mass is 9.90. The Labute approximate surface area is 137 Å². The Morgan fingerprint density at radius 2 is 1.61 bits per heavy atom. The first-order valence-corrected chi connectivity index (χ1v) is 8.36. The summed E-state index contributed by atoms with van der Waals surface area (Å²) in [4.78, 5) is 0. The number of benzene rings is 3. The van der Waals surface area contributed by atoms with E-state index in [0.29, 0.717) is 5.92 Å². The fourth-order valence-electron chi connectivity index (χ4n) is 4.15. The summed E-state index contributed by atoms with van der Waals surface area (Å²) in [6, 6.07) is 24.4. The Morgan fingerprint density at radius 1 is 0.783 bits per heavy atom. The second-order valence-corrected chi connectivity index (χ2v) is 6.58. The summed E-state index contributed by atoms with van der Waals surface area (Å²) >= 11 is 0. The normalized spacial score (nSPS) is 17.0. The van der Waals surface area contributed by atoms with Gasteiger partial charge in [0.05, 0.1) is 0 Å². The number of hydrogen-bond donors (Lipinski definition) is 0. The molecule has 1 atom stereocenters. The van der Waals surface area contributed by atoms with Crippen molar-refractivity contribution in [3.63, 3.8) is 0 Å². The van der Waals surface area contributed by atoms with Crippen molar-refractivity contribution in [2.45, 2.75) is 18.8 Å². The molecule has 5 rings (SSSR count). The summed E-state index contributed by atoms with van der Waals surface area (Å²) in [6.07, 6.45) is 6.83. The lowest BCUT2D eigenvalue weighted by Gasteiger charge is -2.14. The van der Waals surface area contributed by atoms with Crippen LogP contribution in [0.25, 0.3) is 17.2 Å². The summed E-state index contributed by atoms with van der Waals surface area (Å²) in [6.45, 7) is 0. The van der Waals surface area contributed by atoms with Crippen LogP contribution in [0, 0.1) is 0 Å². The van der Waals surface area contributed by atoms with Gasteiger partial charge in [0.1, 0.15) is 0 Å². The fourth-order valence-corrected chi connectivity index (χ4v) is 4.15. The van der Waals surface area contributed by atoms with E-state index < -0.39 is 0 Å². The maximum Gasteiger partial charge on any atom is 0.00677 e. The zero-order chi connectivity index (χ0) is 15.2. The molecular formula is C23H18. The van der Waals surface area contributed by atoms with Gasteiger partial charge in [0.15, 0.2) is 0 Å². The van der Waals surface area contributed by atoms with Crippen LogP contribution in [0.3, 0.4) is 0 Å². The third-order valence-corrected chi connectivity index (χ3v) is 5.29. The maximum atomic E-state index is 2.37. The largest absolute Gasteiger partial charge is 0.0760 e. The van der Waals surface area contributed by atoms with E-state index in [2.05, 4.69) is 78.9 Å². The zero-order valence-corrected chi connectivity index (χ0v) is 13.0. The molecule has 3 aromatic rings. The minimum absolute atomic E-state index is 0.515. The second kappa shape index (κ2) is 4.96. The van der Waals surface area contributed by atoms with Gasteiger partial charge >= 0.3 is 0 Å². The van der Waals surface area contributed by atoms with Crippen molar-refractivity contribution in [1.29, 1.82) is 0 Å². The van der Waals surface area contributed by atoms with Crippen molar-refractivity contribution in [2.24, 2.45) is 0 Å². The van der Waals surface area contributed by atoms with Gasteiger partial charge in [-0.15, -0.1) is 0 Å². The van der Waals surface area contributed by atoms with E-state index in [1.54, 1.807) is 0 Å². The molecule has 0 saturated heterocycles. The number of fused-ring (bicyclic) bond motifs is 4.